The van der Waals surface area contributed by atoms with E-state index in [9.17, 15) is 27.9 Å². The summed E-state index contributed by atoms with van der Waals surface area (Å²) >= 11 is 6.31. The molecule has 2 rings (SSSR count). The van der Waals surface area contributed by atoms with Gasteiger partial charge < -0.3 is 15.2 Å². The zero-order chi connectivity index (χ0) is 24.6. The van der Waals surface area contributed by atoms with Gasteiger partial charge in [-0.05, 0) is 53.2 Å². The highest BCUT2D eigenvalue weighted by atomic mass is 35.5. The van der Waals surface area contributed by atoms with E-state index in [2.05, 4.69) is 5.32 Å². The lowest BCUT2D eigenvalue weighted by molar-refractivity contribution is -0.139. The van der Waals surface area contributed by atoms with Crippen molar-refractivity contribution >= 4 is 44.5 Å². The summed E-state index contributed by atoms with van der Waals surface area (Å²) in [5.74, 6) is -1.94. The molecule has 0 fully saturated rings. The Morgan fingerprint density at radius 1 is 1.19 bits per heavy atom. The van der Waals surface area contributed by atoms with Gasteiger partial charge in [-0.1, -0.05) is 23.7 Å². The lowest BCUT2D eigenvalue weighted by Crippen LogP contribution is -2.45. The van der Waals surface area contributed by atoms with Gasteiger partial charge in [0.25, 0.3) is 15.9 Å². The number of carbonyl (C=O) groups excluding carboxylic acids is 2. The molecule has 1 aromatic carbocycles. The molecule has 0 bridgehead atoms. The molecular formula is C21H27ClN2O7S. The van der Waals surface area contributed by atoms with Crippen LogP contribution in [0.2, 0.25) is 5.02 Å². The monoisotopic (exact) mass is 486 g/mol. The number of benzene rings is 1. The fraction of sp³-hybridized carbons (Fsp3) is 0.476. The van der Waals surface area contributed by atoms with Crippen molar-refractivity contribution in [2.45, 2.75) is 65.1 Å². The first-order valence-electron chi connectivity index (χ1n) is 9.75. The Hall–Kier alpha value is -2.59. The van der Waals surface area contributed by atoms with Crippen LogP contribution in [0.25, 0.3) is 4.91 Å². The highest BCUT2D eigenvalue weighted by Crippen LogP contribution is 2.38. The molecule has 2 N–H and O–H groups in total. The third-order valence-corrected chi connectivity index (χ3v) is 6.72. The zero-order valence-corrected chi connectivity index (χ0v) is 20.3. The van der Waals surface area contributed by atoms with E-state index in [-0.39, 0.29) is 21.9 Å². The van der Waals surface area contributed by atoms with Gasteiger partial charge in [-0.15, -0.1) is 0 Å². The Labute approximate surface area is 192 Å². The minimum atomic E-state index is -4.10. The topological polar surface area (TPSA) is 130 Å². The molecule has 9 nitrogen and oxygen atoms in total. The molecule has 0 unspecified atom stereocenters. The molecule has 0 aliphatic carbocycles. The summed E-state index contributed by atoms with van der Waals surface area (Å²) in [5, 5.41) is 11.8. The predicted molar refractivity (Wildman–Crippen MR) is 119 cm³/mol. The van der Waals surface area contributed by atoms with Crippen molar-refractivity contribution in [3.05, 3.63) is 40.4 Å². The van der Waals surface area contributed by atoms with Crippen LogP contribution in [-0.4, -0.2) is 53.0 Å². The van der Waals surface area contributed by atoms with Gasteiger partial charge in [0, 0.05) is 23.1 Å². The average molecular weight is 487 g/mol. The van der Waals surface area contributed by atoms with Crippen LogP contribution >= 0.6 is 11.6 Å². The molecule has 1 atom stereocenters. The Morgan fingerprint density at radius 3 is 2.22 bits per heavy atom. The van der Waals surface area contributed by atoms with E-state index < -0.39 is 45.2 Å². The summed E-state index contributed by atoms with van der Waals surface area (Å²) in [6, 6.07) is 3.02. The summed E-state index contributed by atoms with van der Waals surface area (Å²) in [5.41, 5.74) is -1.18. The predicted octanol–water partition coefficient (Wildman–Crippen LogP) is 3.17. The first-order valence-corrected chi connectivity index (χ1v) is 11.6. The molecule has 176 valence electrons. The van der Waals surface area contributed by atoms with Crippen LogP contribution in [0.3, 0.4) is 0 Å². The van der Waals surface area contributed by atoms with Crippen molar-refractivity contribution in [3.63, 3.8) is 0 Å². The summed E-state index contributed by atoms with van der Waals surface area (Å²) in [6.45, 7) is 9.77. The number of aliphatic carboxylic acids is 1. The first-order chi connectivity index (χ1) is 14.4. The molecule has 0 saturated carbocycles. The summed E-state index contributed by atoms with van der Waals surface area (Å²) in [7, 11) is -4.10. The normalized spacial score (nSPS) is 17.0. The van der Waals surface area contributed by atoms with Crippen LogP contribution in [0, 0.1) is 0 Å². The molecule has 0 saturated heterocycles. The molecule has 0 radical (unpaired) electrons. The lowest BCUT2D eigenvalue weighted by atomic mass is 10.0. The standard InChI is InChI=1S/C21H27ClN2O7S/c1-20(2,3)24-17(25)11-16(32(24,29)30)13-8-7-12(9-14(13)22)10-15(18(26)27)23-19(28)31-21(4,5)6/h7-9,11,15H,10H2,1-6H3,(H,23,28)(H,26,27)/t15-/m0/s1. The van der Waals surface area contributed by atoms with Gasteiger partial charge in [0.1, 0.15) is 16.5 Å². The molecule has 0 aromatic heterocycles. The third kappa shape index (κ3) is 5.80. The molecule has 1 heterocycles. The molecule has 0 spiro atoms. The van der Waals surface area contributed by atoms with E-state index >= 15 is 0 Å². The van der Waals surface area contributed by atoms with Crippen molar-refractivity contribution in [1.82, 2.24) is 9.62 Å². The van der Waals surface area contributed by atoms with Gasteiger partial charge in [0.15, 0.2) is 0 Å². The van der Waals surface area contributed by atoms with Gasteiger partial charge in [-0.3, -0.25) is 4.79 Å². The zero-order valence-electron chi connectivity index (χ0n) is 18.7. The van der Waals surface area contributed by atoms with Gasteiger partial charge in [0.05, 0.1) is 5.54 Å². The fourth-order valence-electron chi connectivity index (χ4n) is 3.14. The number of nitrogens with one attached hydrogen (secondary N) is 1. The van der Waals surface area contributed by atoms with Gasteiger partial charge in [-0.2, -0.15) is 0 Å². The van der Waals surface area contributed by atoms with Crippen molar-refractivity contribution < 1.29 is 32.6 Å². The molecule has 2 amide bonds. The maximum absolute atomic E-state index is 12.9. The Bertz CT molecular complexity index is 1080. The minimum Gasteiger partial charge on any atom is -0.480 e. The number of carboxylic acid groups (broad SMARTS) is 1. The van der Waals surface area contributed by atoms with Crippen molar-refractivity contribution in [3.8, 4) is 0 Å². The number of carbonyl (C=O) groups is 3. The average Bonchev–Trinajstić information content (AvgIpc) is 2.81. The molecule has 1 aliphatic rings. The van der Waals surface area contributed by atoms with Crippen LogP contribution in [0.1, 0.15) is 52.7 Å². The van der Waals surface area contributed by atoms with E-state index in [4.69, 9.17) is 16.3 Å². The number of hydrogen-bond acceptors (Lipinski definition) is 6. The molecular weight excluding hydrogens is 460 g/mol. The number of sulfonamides is 1. The Balaban J connectivity index is 2.28. The number of ether oxygens (including phenoxy) is 1. The molecule has 11 heteroatoms. The number of amides is 2. The second-order valence-corrected chi connectivity index (χ2v) is 11.5. The maximum Gasteiger partial charge on any atom is 0.408 e. The minimum absolute atomic E-state index is 0.0299. The summed E-state index contributed by atoms with van der Waals surface area (Å²) in [4.78, 5) is 35.6. The van der Waals surface area contributed by atoms with Crippen LogP contribution in [0.15, 0.2) is 24.3 Å². The van der Waals surface area contributed by atoms with E-state index in [1.165, 1.54) is 18.2 Å². The largest absolute Gasteiger partial charge is 0.480 e. The SMILES string of the molecule is CC(C)(C)OC(=O)N[C@@H](Cc1ccc(C2=CC(=O)N(C(C)(C)C)S2(=O)=O)c(Cl)c1)C(=O)O. The first kappa shape index (κ1) is 25.7. The van der Waals surface area contributed by atoms with Crippen LogP contribution in [0.4, 0.5) is 4.79 Å². The fourth-order valence-corrected chi connectivity index (χ4v) is 5.41. The third-order valence-electron chi connectivity index (χ3n) is 4.31. The number of alkyl carbamates (subject to hydrolysis) is 1. The molecule has 1 aromatic rings. The van der Waals surface area contributed by atoms with Crippen LogP contribution in [-0.2, 0) is 30.8 Å². The van der Waals surface area contributed by atoms with E-state index in [1.54, 1.807) is 41.5 Å². The van der Waals surface area contributed by atoms with Crippen LogP contribution in [0.5, 0.6) is 0 Å². The molecule has 32 heavy (non-hydrogen) atoms. The summed E-state index contributed by atoms with van der Waals surface area (Å²) in [6.07, 6.45) is 0.0227. The number of halogens is 1. The van der Waals surface area contributed by atoms with E-state index in [0.717, 1.165) is 10.4 Å². The van der Waals surface area contributed by atoms with Gasteiger partial charge >= 0.3 is 12.1 Å². The maximum atomic E-state index is 12.9. The lowest BCUT2D eigenvalue weighted by Gasteiger charge is -2.30. The Kier molecular flexibility index (Phi) is 7.01. The summed E-state index contributed by atoms with van der Waals surface area (Å²) < 4.78 is 31.7. The number of carboxylic acids is 1. The second kappa shape index (κ2) is 8.74. The smallest absolute Gasteiger partial charge is 0.408 e. The van der Waals surface area contributed by atoms with Crippen LogP contribution < -0.4 is 5.32 Å². The second-order valence-electron chi connectivity index (χ2n) is 9.34. The van der Waals surface area contributed by atoms with E-state index in [0.29, 0.717) is 5.56 Å². The highest BCUT2D eigenvalue weighted by molar-refractivity contribution is 7.99. The number of hydrogen-bond donors (Lipinski definition) is 2. The molecule has 1 aliphatic heterocycles. The van der Waals surface area contributed by atoms with Crippen molar-refractivity contribution in [2.24, 2.45) is 0 Å². The number of nitrogens with zero attached hydrogens (tertiary/aromatic N) is 1. The van der Waals surface area contributed by atoms with Crippen molar-refractivity contribution in [2.75, 3.05) is 0 Å². The Morgan fingerprint density at radius 2 is 1.78 bits per heavy atom. The van der Waals surface area contributed by atoms with E-state index in [1.807, 2.05) is 0 Å². The number of rotatable bonds is 5. The van der Waals surface area contributed by atoms with Crippen molar-refractivity contribution in [1.29, 1.82) is 0 Å². The quantitative estimate of drug-likeness (QED) is 0.653. The highest BCUT2D eigenvalue weighted by Gasteiger charge is 2.44. The van der Waals surface area contributed by atoms with Gasteiger partial charge in [-0.25, -0.2) is 22.3 Å². The van der Waals surface area contributed by atoms with Gasteiger partial charge in [0.2, 0.25) is 0 Å².